The van der Waals surface area contributed by atoms with Crippen LogP contribution < -0.4 is 45.9 Å². The van der Waals surface area contributed by atoms with Gasteiger partial charge < -0.3 is 9.90 Å². The quantitative estimate of drug-likeness (QED) is 0.562. The van der Waals surface area contributed by atoms with E-state index in [1.54, 1.807) is 24.3 Å². The molecule has 0 bridgehead atoms. The Bertz CT molecular complexity index is 794. The second kappa shape index (κ2) is 7.76. The fourth-order valence-electron chi connectivity index (χ4n) is 2.32. The molecule has 0 aliphatic carbocycles. The van der Waals surface area contributed by atoms with Crippen LogP contribution in [0.3, 0.4) is 0 Å². The Labute approximate surface area is 149 Å². The van der Waals surface area contributed by atoms with E-state index >= 15 is 0 Å². The Balaban J connectivity index is 0.00000242. The number of aromatic nitrogens is 2. The van der Waals surface area contributed by atoms with E-state index in [1.807, 2.05) is 6.92 Å². The Hall–Kier alpha value is -1.37. The molecular weight excluding hydrogens is 295 g/mol. The SMILES string of the molecule is CCCCn1c(=O)c2ccccc2n(C(C)C(=O)[O-])c1=O.[Na+]. The summed E-state index contributed by atoms with van der Waals surface area (Å²) in [6.07, 6.45) is 1.50. The van der Waals surface area contributed by atoms with Gasteiger partial charge in [0.2, 0.25) is 0 Å². The zero-order chi connectivity index (χ0) is 15.6. The van der Waals surface area contributed by atoms with Crippen molar-refractivity contribution in [1.82, 2.24) is 9.13 Å². The molecule has 0 amide bonds. The first kappa shape index (κ1) is 18.7. The Kier molecular flexibility index (Phi) is 6.59. The van der Waals surface area contributed by atoms with Crippen molar-refractivity contribution in [3.05, 3.63) is 45.1 Å². The van der Waals surface area contributed by atoms with Crippen molar-refractivity contribution in [3.63, 3.8) is 0 Å². The number of fused-ring (bicyclic) bond motifs is 1. The summed E-state index contributed by atoms with van der Waals surface area (Å²) < 4.78 is 2.22. The first-order valence-electron chi connectivity index (χ1n) is 6.94. The van der Waals surface area contributed by atoms with Crippen molar-refractivity contribution in [2.24, 2.45) is 0 Å². The van der Waals surface area contributed by atoms with Gasteiger partial charge in [0.1, 0.15) is 0 Å². The number of nitrogens with zero attached hydrogens (tertiary/aromatic N) is 2. The van der Waals surface area contributed by atoms with Gasteiger partial charge >= 0.3 is 35.2 Å². The van der Waals surface area contributed by atoms with Crippen LogP contribution in [0, 0.1) is 0 Å². The second-order valence-corrected chi connectivity index (χ2v) is 4.98. The standard InChI is InChI=1S/C15H18N2O4.Na/c1-3-4-9-16-13(18)11-7-5-6-8-12(11)17(15(16)21)10(2)14(19)20;/h5-8,10H,3-4,9H2,1-2H3,(H,19,20);/q;+1/p-1. The van der Waals surface area contributed by atoms with Crippen molar-refractivity contribution in [2.45, 2.75) is 39.3 Å². The summed E-state index contributed by atoms with van der Waals surface area (Å²) in [4.78, 5) is 36.0. The minimum absolute atomic E-state index is 0. The van der Waals surface area contributed by atoms with E-state index in [2.05, 4.69) is 0 Å². The molecule has 0 fully saturated rings. The monoisotopic (exact) mass is 312 g/mol. The number of para-hydroxylation sites is 1. The summed E-state index contributed by atoms with van der Waals surface area (Å²) in [6, 6.07) is 5.37. The molecule has 0 saturated carbocycles. The number of benzene rings is 1. The number of aliphatic carboxylic acids is 1. The summed E-state index contributed by atoms with van der Waals surface area (Å²) in [5.74, 6) is -1.36. The molecule has 0 aliphatic heterocycles. The van der Waals surface area contributed by atoms with Gasteiger partial charge in [-0.1, -0.05) is 25.5 Å². The summed E-state index contributed by atoms with van der Waals surface area (Å²) in [7, 11) is 0. The molecule has 0 spiro atoms. The summed E-state index contributed by atoms with van der Waals surface area (Å²) >= 11 is 0. The van der Waals surface area contributed by atoms with Gasteiger partial charge in [-0.15, -0.1) is 0 Å². The maximum absolute atomic E-state index is 12.5. The third-order valence-corrected chi connectivity index (χ3v) is 3.54. The first-order chi connectivity index (χ1) is 9.99. The number of hydrogen-bond donors (Lipinski definition) is 0. The molecule has 2 rings (SSSR count). The fourth-order valence-corrected chi connectivity index (χ4v) is 2.32. The molecule has 0 N–H and O–H groups in total. The molecule has 112 valence electrons. The van der Waals surface area contributed by atoms with Crippen LogP contribution in [-0.2, 0) is 11.3 Å². The van der Waals surface area contributed by atoms with Crippen molar-refractivity contribution >= 4 is 16.9 Å². The van der Waals surface area contributed by atoms with Crippen LogP contribution in [0.25, 0.3) is 10.9 Å². The fraction of sp³-hybridized carbons (Fsp3) is 0.400. The number of carboxylic acid groups (broad SMARTS) is 1. The van der Waals surface area contributed by atoms with Crippen LogP contribution in [0.15, 0.2) is 33.9 Å². The molecule has 2 aromatic rings. The molecule has 1 atom stereocenters. The molecular formula is C15H17N2NaO4. The molecule has 0 aliphatic rings. The van der Waals surface area contributed by atoms with E-state index in [-0.39, 0.29) is 41.7 Å². The number of carbonyl (C=O) groups excluding carboxylic acids is 1. The van der Waals surface area contributed by atoms with Crippen molar-refractivity contribution in [2.75, 3.05) is 0 Å². The van der Waals surface area contributed by atoms with Crippen LogP contribution in [0.4, 0.5) is 0 Å². The van der Waals surface area contributed by atoms with Crippen molar-refractivity contribution < 1.29 is 39.5 Å². The molecule has 7 heteroatoms. The van der Waals surface area contributed by atoms with Gasteiger partial charge in [0.05, 0.1) is 22.9 Å². The van der Waals surface area contributed by atoms with Gasteiger partial charge in [0.25, 0.3) is 5.56 Å². The normalized spacial score (nSPS) is 11.9. The Morgan fingerprint density at radius 3 is 2.50 bits per heavy atom. The maximum Gasteiger partial charge on any atom is 1.00 e. The van der Waals surface area contributed by atoms with Gasteiger partial charge in [0, 0.05) is 6.54 Å². The van der Waals surface area contributed by atoms with Crippen LogP contribution in [-0.4, -0.2) is 15.1 Å². The minimum Gasteiger partial charge on any atom is -0.548 e. The van der Waals surface area contributed by atoms with E-state index < -0.39 is 17.7 Å². The number of unbranched alkanes of at least 4 members (excludes halogenated alkanes) is 1. The van der Waals surface area contributed by atoms with Crippen LogP contribution >= 0.6 is 0 Å². The molecule has 22 heavy (non-hydrogen) atoms. The molecule has 1 aromatic heterocycles. The van der Waals surface area contributed by atoms with Gasteiger partial charge in [-0.2, -0.15) is 0 Å². The molecule has 0 saturated heterocycles. The number of carbonyl (C=O) groups is 1. The third kappa shape index (κ3) is 3.34. The third-order valence-electron chi connectivity index (χ3n) is 3.54. The zero-order valence-electron chi connectivity index (χ0n) is 13.0. The minimum atomic E-state index is -1.36. The first-order valence-corrected chi connectivity index (χ1v) is 6.94. The van der Waals surface area contributed by atoms with Crippen molar-refractivity contribution in [1.29, 1.82) is 0 Å². The van der Waals surface area contributed by atoms with Crippen LogP contribution in [0.5, 0.6) is 0 Å². The molecule has 1 aromatic carbocycles. The second-order valence-electron chi connectivity index (χ2n) is 4.98. The number of rotatable bonds is 5. The predicted octanol–water partition coefficient (Wildman–Crippen LogP) is -2.72. The van der Waals surface area contributed by atoms with Crippen molar-refractivity contribution in [3.8, 4) is 0 Å². The van der Waals surface area contributed by atoms with Crippen LogP contribution in [0.2, 0.25) is 0 Å². The summed E-state index contributed by atoms with van der Waals surface area (Å²) in [5, 5.41) is 11.5. The average Bonchev–Trinajstić information content (AvgIpc) is 2.47. The van der Waals surface area contributed by atoms with E-state index in [4.69, 9.17) is 0 Å². The summed E-state index contributed by atoms with van der Waals surface area (Å²) in [5.41, 5.74) is -0.674. The Morgan fingerprint density at radius 2 is 1.91 bits per heavy atom. The average molecular weight is 312 g/mol. The molecule has 1 unspecified atom stereocenters. The van der Waals surface area contributed by atoms with Gasteiger partial charge in [-0.05, 0) is 25.5 Å². The van der Waals surface area contributed by atoms with E-state index in [0.29, 0.717) is 17.3 Å². The molecule has 6 nitrogen and oxygen atoms in total. The van der Waals surface area contributed by atoms with E-state index in [1.165, 1.54) is 6.92 Å². The van der Waals surface area contributed by atoms with Gasteiger partial charge in [-0.3, -0.25) is 13.9 Å². The van der Waals surface area contributed by atoms with E-state index in [0.717, 1.165) is 15.6 Å². The predicted molar refractivity (Wildman–Crippen MR) is 77.1 cm³/mol. The summed E-state index contributed by atoms with van der Waals surface area (Å²) in [6.45, 7) is 3.60. The smallest absolute Gasteiger partial charge is 0.548 e. The van der Waals surface area contributed by atoms with E-state index in [9.17, 15) is 19.5 Å². The van der Waals surface area contributed by atoms with Crippen LogP contribution in [0.1, 0.15) is 32.7 Å². The molecule has 0 radical (unpaired) electrons. The zero-order valence-corrected chi connectivity index (χ0v) is 15.0. The number of carboxylic acids is 1. The van der Waals surface area contributed by atoms with Gasteiger partial charge in [0.15, 0.2) is 0 Å². The number of hydrogen-bond acceptors (Lipinski definition) is 4. The maximum atomic E-state index is 12.5. The topological polar surface area (TPSA) is 84.1 Å². The van der Waals surface area contributed by atoms with Gasteiger partial charge in [-0.25, -0.2) is 4.79 Å². The molecule has 1 heterocycles. The largest absolute Gasteiger partial charge is 1.00 e. The Morgan fingerprint density at radius 1 is 1.27 bits per heavy atom.